The third-order valence-corrected chi connectivity index (χ3v) is 5.40. The summed E-state index contributed by atoms with van der Waals surface area (Å²) in [7, 11) is 1.55. The first-order valence-electron chi connectivity index (χ1n) is 9.46. The molecule has 1 aliphatic heterocycles. The standard InChI is InChI=1S/C18H23N5O8S/c1-7(24)29-10-6-28-16(13(31-9(3)26)12(10)30-8(2)25)23-14-11(20-17(23)19)15(27)22(4)18(21-14)32-5/h10,12-13,16H,6H2,1-5H3,(H2,19,20)/t10-,12+,13-,16-/m1/s1. The Balaban J connectivity index is 2.18. The summed E-state index contributed by atoms with van der Waals surface area (Å²) >= 11 is 1.23. The van der Waals surface area contributed by atoms with Crippen molar-refractivity contribution >= 4 is 46.8 Å². The Morgan fingerprint density at radius 3 is 2.22 bits per heavy atom. The molecule has 1 aliphatic rings. The van der Waals surface area contributed by atoms with E-state index in [-0.39, 0.29) is 23.7 Å². The van der Waals surface area contributed by atoms with E-state index in [9.17, 15) is 19.2 Å². The molecule has 2 aromatic heterocycles. The second-order valence-corrected chi connectivity index (χ2v) is 7.77. The maximum absolute atomic E-state index is 12.7. The summed E-state index contributed by atoms with van der Waals surface area (Å²) < 4.78 is 24.4. The van der Waals surface area contributed by atoms with Crippen molar-refractivity contribution in [2.45, 2.75) is 50.5 Å². The van der Waals surface area contributed by atoms with Gasteiger partial charge in [-0.15, -0.1) is 0 Å². The van der Waals surface area contributed by atoms with Gasteiger partial charge < -0.3 is 24.7 Å². The van der Waals surface area contributed by atoms with Crippen LogP contribution in [0, 0.1) is 0 Å². The fourth-order valence-electron chi connectivity index (χ4n) is 3.48. The predicted molar refractivity (Wildman–Crippen MR) is 111 cm³/mol. The topological polar surface area (TPSA) is 167 Å². The van der Waals surface area contributed by atoms with Crippen molar-refractivity contribution in [1.82, 2.24) is 19.1 Å². The molecule has 174 valence electrons. The van der Waals surface area contributed by atoms with Crippen molar-refractivity contribution in [2.24, 2.45) is 7.05 Å². The van der Waals surface area contributed by atoms with E-state index in [4.69, 9.17) is 24.7 Å². The SMILES string of the molecule is CSc1nc2c(nc(N)n2[C@@H]2OC[C@@H](OC(C)=O)[C@H](OC(C)=O)[C@H]2OC(C)=O)c(=O)n1C. The van der Waals surface area contributed by atoms with Gasteiger partial charge in [0.25, 0.3) is 5.56 Å². The fourth-order valence-corrected chi connectivity index (χ4v) is 4.01. The number of ether oxygens (including phenoxy) is 4. The zero-order valence-corrected chi connectivity index (χ0v) is 18.9. The van der Waals surface area contributed by atoms with Crippen LogP contribution < -0.4 is 11.3 Å². The molecule has 32 heavy (non-hydrogen) atoms. The lowest BCUT2D eigenvalue weighted by molar-refractivity contribution is -0.238. The number of nitrogens with two attached hydrogens (primary N) is 1. The number of fused-ring (bicyclic) bond motifs is 1. The summed E-state index contributed by atoms with van der Waals surface area (Å²) in [4.78, 5) is 56.5. The van der Waals surface area contributed by atoms with Crippen LogP contribution in [-0.2, 0) is 40.4 Å². The Morgan fingerprint density at radius 2 is 1.66 bits per heavy atom. The Labute approximate surface area is 186 Å². The van der Waals surface area contributed by atoms with Gasteiger partial charge >= 0.3 is 17.9 Å². The lowest BCUT2D eigenvalue weighted by atomic mass is 10.0. The van der Waals surface area contributed by atoms with E-state index in [0.29, 0.717) is 5.16 Å². The van der Waals surface area contributed by atoms with Gasteiger partial charge in [0, 0.05) is 27.8 Å². The molecule has 0 amide bonds. The zero-order valence-electron chi connectivity index (χ0n) is 18.1. The van der Waals surface area contributed by atoms with Crippen molar-refractivity contribution in [3.8, 4) is 0 Å². The molecule has 1 saturated heterocycles. The number of hydrogen-bond donors (Lipinski definition) is 1. The van der Waals surface area contributed by atoms with Gasteiger partial charge in [0.05, 0.1) is 6.61 Å². The minimum absolute atomic E-state index is 0.0147. The van der Waals surface area contributed by atoms with Crippen LogP contribution >= 0.6 is 11.8 Å². The number of rotatable bonds is 5. The van der Waals surface area contributed by atoms with Gasteiger partial charge in [0.15, 0.2) is 40.9 Å². The van der Waals surface area contributed by atoms with Crippen molar-refractivity contribution in [1.29, 1.82) is 0 Å². The lowest BCUT2D eigenvalue weighted by Gasteiger charge is -2.40. The third kappa shape index (κ3) is 4.41. The Morgan fingerprint density at radius 1 is 1.06 bits per heavy atom. The van der Waals surface area contributed by atoms with E-state index in [1.165, 1.54) is 27.8 Å². The van der Waals surface area contributed by atoms with Crippen LogP contribution in [-0.4, -0.2) is 68.2 Å². The minimum Gasteiger partial charge on any atom is -0.456 e. The predicted octanol–water partition coefficient (Wildman–Crippen LogP) is -0.242. The first-order chi connectivity index (χ1) is 15.0. The lowest BCUT2D eigenvalue weighted by Crippen LogP contribution is -2.55. The molecule has 4 atom stereocenters. The van der Waals surface area contributed by atoms with E-state index in [0.717, 1.165) is 13.8 Å². The van der Waals surface area contributed by atoms with Gasteiger partial charge in [-0.05, 0) is 6.26 Å². The summed E-state index contributed by atoms with van der Waals surface area (Å²) in [5.74, 6) is -2.17. The maximum Gasteiger partial charge on any atom is 0.303 e. The number of hydrogen-bond acceptors (Lipinski definition) is 12. The van der Waals surface area contributed by atoms with Gasteiger partial charge in [0.1, 0.15) is 0 Å². The molecule has 2 N–H and O–H groups in total. The molecule has 0 spiro atoms. The van der Waals surface area contributed by atoms with E-state index < -0.39 is 48.0 Å². The molecule has 1 fully saturated rings. The average Bonchev–Trinajstić information content (AvgIpc) is 3.02. The van der Waals surface area contributed by atoms with Crippen LogP contribution in [0.1, 0.15) is 27.0 Å². The normalized spacial score (nSPS) is 23.0. The quantitative estimate of drug-likeness (QED) is 0.264. The number of imidazole rings is 1. The summed E-state index contributed by atoms with van der Waals surface area (Å²) in [6.45, 7) is 3.30. The molecule has 13 nitrogen and oxygen atoms in total. The van der Waals surface area contributed by atoms with Gasteiger partial charge in [0.2, 0.25) is 5.95 Å². The highest BCUT2D eigenvalue weighted by Crippen LogP contribution is 2.34. The van der Waals surface area contributed by atoms with E-state index in [1.807, 2.05) is 0 Å². The minimum atomic E-state index is -1.28. The average molecular weight is 469 g/mol. The second-order valence-electron chi connectivity index (χ2n) is 6.99. The van der Waals surface area contributed by atoms with Crippen molar-refractivity contribution < 1.29 is 33.3 Å². The maximum atomic E-state index is 12.7. The summed E-state index contributed by atoms with van der Waals surface area (Å²) in [5, 5.41) is 0.387. The molecule has 0 aliphatic carbocycles. The van der Waals surface area contributed by atoms with Crippen LogP contribution in [0.4, 0.5) is 5.95 Å². The fraction of sp³-hybridized carbons (Fsp3) is 0.556. The van der Waals surface area contributed by atoms with Crippen LogP contribution in [0.15, 0.2) is 9.95 Å². The number of nitrogens with zero attached hydrogens (tertiary/aromatic N) is 4. The van der Waals surface area contributed by atoms with Crippen LogP contribution in [0.3, 0.4) is 0 Å². The molecular weight excluding hydrogens is 446 g/mol. The van der Waals surface area contributed by atoms with Crippen molar-refractivity contribution in [3.63, 3.8) is 0 Å². The van der Waals surface area contributed by atoms with Gasteiger partial charge in [-0.2, -0.15) is 0 Å². The first kappa shape index (κ1) is 23.5. The first-order valence-corrected chi connectivity index (χ1v) is 10.7. The number of carbonyl (C=O) groups excluding carboxylic acids is 3. The second kappa shape index (κ2) is 9.16. The number of carbonyl (C=O) groups is 3. The van der Waals surface area contributed by atoms with Crippen molar-refractivity contribution in [3.05, 3.63) is 10.4 Å². The zero-order chi connectivity index (χ0) is 23.7. The molecule has 0 unspecified atom stereocenters. The van der Waals surface area contributed by atoms with Gasteiger partial charge in [-0.25, -0.2) is 9.97 Å². The van der Waals surface area contributed by atoms with Gasteiger partial charge in [-0.3, -0.25) is 28.3 Å². The molecular formula is C18H23N5O8S. The largest absolute Gasteiger partial charge is 0.456 e. The number of thioether (sulfide) groups is 1. The van der Waals surface area contributed by atoms with Crippen molar-refractivity contribution in [2.75, 3.05) is 18.6 Å². The molecule has 3 heterocycles. The summed E-state index contributed by atoms with van der Waals surface area (Å²) in [6.07, 6.45) is -2.96. The van der Waals surface area contributed by atoms with Crippen LogP contribution in [0.25, 0.3) is 11.2 Å². The van der Waals surface area contributed by atoms with E-state index >= 15 is 0 Å². The van der Waals surface area contributed by atoms with Gasteiger partial charge in [-0.1, -0.05) is 11.8 Å². The highest BCUT2D eigenvalue weighted by atomic mass is 32.2. The highest BCUT2D eigenvalue weighted by Gasteiger charge is 2.48. The van der Waals surface area contributed by atoms with E-state index in [2.05, 4.69) is 9.97 Å². The smallest absolute Gasteiger partial charge is 0.303 e. The molecule has 14 heteroatoms. The number of aromatic nitrogens is 4. The number of esters is 3. The molecule has 2 aromatic rings. The van der Waals surface area contributed by atoms with E-state index in [1.54, 1.807) is 13.3 Å². The molecule has 0 saturated carbocycles. The summed E-state index contributed by atoms with van der Waals surface area (Å²) in [5.41, 5.74) is 5.75. The third-order valence-electron chi connectivity index (χ3n) is 4.67. The Hall–Kier alpha value is -3.13. The number of nitrogen functional groups attached to an aromatic ring is 1. The molecule has 0 bridgehead atoms. The van der Waals surface area contributed by atoms with Crippen LogP contribution in [0.5, 0.6) is 0 Å². The van der Waals surface area contributed by atoms with Crippen LogP contribution in [0.2, 0.25) is 0 Å². The Kier molecular flexibility index (Phi) is 6.74. The monoisotopic (exact) mass is 469 g/mol. The number of anilines is 1. The molecule has 0 aromatic carbocycles. The molecule has 3 rings (SSSR count). The summed E-state index contributed by atoms with van der Waals surface area (Å²) in [6, 6.07) is 0. The molecule has 0 radical (unpaired) electrons. The highest BCUT2D eigenvalue weighted by molar-refractivity contribution is 7.98. The Bertz CT molecular complexity index is 1130.